The highest BCUT2D eigenvalue weighted by Gasteiger charge is 2.29. The molecule has 0 aromatic rings. The largest absolute Gasteiger partial charge is 0.481 e. The number of rotatable bonds is 5. The Morgan fingerprint density at radius 3 is 2.21 bits per heavy atom. The number of carbonyl (C=O) groups is 1. The van der Waals surface area contributed by atoms with E-state index in [0.29, 0.717) is 0 Å². The van der Waals surface area contributed by atoms with Crippen molar-refractivity contribution in [1.29, 1.82) is 0 Å². The minimum absolute atomic E-state index is 0.0262. The molecule has 0 aromatic carbocycles. The first-order valence-electron chi connectivity index (χ1n) is 4.16. The van der Waals surface area contributed by atoms with Gasteiger partial charge in [-0.25, -0.2) is 0 Å². The number of carboxylic acid groups (broad SMARTS) is 1. The van der Waals surface area contributed by atoms with E-state index in [4.69, 9.17) is 5.11 Å². The smallest absolute Gasteiger partial charge is 0.390 e. The van der Waals surface area contributed by atoms with Crippen LogP contribution in [0.15, 0.2) is 0 Å². The molecule has 0 aromatic heterocycles. The van der Waals surface area contributed by atoms with Crippen molar-refractivity contribution in [2.75, 3.05) is 13.1 Å². The summed E-state index contributed by atoms with van der Waals surface area (Å²) in [7, 11) is 0. The topological polar surface area (TPSA) is 49.3 Å². The summed E-state index contributed by atoms with van der Waals surface area (Å²) >= 11 is 0. The third-order valence-corrected chi connectivity index (χ3v) is 1.73. The van der Waals surface area contributed by atoms with E-state index in [0.717, 1.165) is 0 Å². The van der Waals surface area contributed by atoms with Crippen molar-refractivity contribution in [2.24, 2.45) is 5.41 Å². The number of halogens is 3. The first kappa shape index (κ1) is 13.2. The molecule has 6 heteroatoms. The molecule has 0 amide bonds. The van der Waals surface area contributed by atoms with E-state index in [1.165, 1.54) is 13.8 Å². The Balaban J connectivity index is 3.70. The fourth-order valence-electron chi connectivity index (χ4n) is 0.707. The first-order chi connectivity index (χ1) is 6.15. The third-order valence-electron chi connectivity index (χ3n) is 1.73. The van der Waals surface area contributed by atoms with Gasteiger partial charge in [-0.15, -0.1) is 0 Å². The summed E-state index contributed by atoms with van der Waals surface area (Å²) in [5, 5.41) is 11.1. The van der Waals surface area contributed by atoms with Gasteiger partial charge in [-0.1, -0.05) is 0 Å². The standard InChI is InChI=1S/C8H14F3NO2/c1-7(2,6(13)14)5-12-4-3-8(9,10)11/h12H,3-5H2,1-2H3,(H,13,14). The SMILES string of the molecule is CC(C)(CNCCC(F)(F)F)C(=O)O. The summed E-state index contributed by atoms with van der Waals surface area (Å²) in [6.45, 7) is 2.68. The van der Waals surface area contributed by atoms with Crippen molar-refractivity contribution in [3.8, 4) is 0 Å². The highest BCUT2D eigenvalue weighted by atomic mass is 19.4. The molecule has 0 aliphatic rings. The lowest BCUT2D eigenvalue weighted by Crippen LogP contribution is -2.37. The summed E-state index contributed by atoms with van der Waals surface area (Å²) in [5.41, 5.74) is -1.04. The van der Waals surface area contributed by atoms with E-state index in [-0.39, 0.29) is 13.1 Å². The number of nitrogens with one attached hydrogen (secondary N) is 1. The van der Waals surface area contributed by atoms with Crippen LogP contribution < -0.4 is 5.32 Å². The maximum Gasteiger partial charge on any atom is 0.390 e. The fraction of sp³-hybridized carbons (Fsp3) is 0.875. The second-order valence-electron chi connectivity index (χ2n) is 3.73. The summed E-state index contributed by atoms with van der Waals surface area (Å²) in [4.78, 5) is 10.5. The Bertz CT molecular complexity index is 201. The Morgan fingerprint density at radius 2 is 1.86 bits per heavy atom. The van der Waals surface area contributed by atoms with Crippen molar-refractivity contribution in [2.45, 2.75) is 26.4 Å². The van der Waals surface area contributed by atoms with Gasteiger partial charge in [-0.05, 0) is 13.8 Å². The second-order valence-corrected chi connectivity index (χ2v) is 3.73. The molecule has 0 atom stereocenters. The van der Waals surface area contributed by atoms with Crippen molar-refractivity contribution in [3.05, 3.63) is 0 Å². The van der Waals surface area contributed by atoms with E-state index in [2.05, 4.69) is 5.32 Å². The van der Waals surface area contributed by atoms with Crippen LogP contribution in [0.3, 0.4) is 0 Å². The summed E-state index contributed by atoms with van der Waals surface area (Å²) in [5.74, 6) is -1.03. The van der Waals surface area contributed by atoms with Crippen molar-refractivity contribution in [1.82, 2.24) is 5.32 Å². The van der Waals surface area contributed by atoms with Crippen LogP contribution in [-0.2, 0) is 4.79 Å². The average molecular weight is 213 g/mol. The number of aliphatic carboxylic acids is 1. The predicted octanol–water partition coefficient (Wildman–Crippen LogP) is 1.64. The predicted molar refractivity (Wildman–Crippen MR) is 45.0 cm³/mol. The monoisotopic (exact) mass is 213 g/mol. The van der Waals surface area contributed by atoms with Crippen LogP contribution in [0.5, 0.6) is 0 Å². The molecule has 0 aliphatic carbocycles. The molecule has 0 bridgehead atoms. The molecule has 0 radical (unpaired) electrons. The van der Waals surface area contributed by atoms with E-state index < -0.39 is 24.0 Å². The number of hydrogen-bond donors (Lipinski definition) is 2. The van der Waals surface area contributed by atoms with E-state index in [1.807, 2.05) is 0 Å². The van der Waals surface area contributed by atoms with E-state index in [9.17, 15) is 18.0 Å². The maximum atomic E-state index is 11.7. The molecule has 2 N–H and O–H groups in total. The average Bonchev–Trinajstić information content (AvgIpc) is 1.96. The van der Waals surface area contributed by atoms with Gasteiger partial charge in [-0.3, -0.25) is 4.79 Å². The molecular formula is C8H14F3NO2. The van der Waals surface area contributed by atoms with Crippen LogP contribution in [0.4, 0.5) is 13.2 Å². The zero-order valence-electron chi connectivity index (χ0n) is 8.11. The van der Waals surface area contributed by atoms with Gasteiger partial charge in [0.2, 0.25) is 0 Å². The molecule has 0 spiro atoms. The minimum atomic E-state index is -4.19. The van der Waals surface area contributed by atoms with Crippen molar-refractivity contribution >= 4 is 5.97 Å². The van der Waals surface area contributed by atoms with Gasteiger partial charge in [0.05, 0.1) is 11.8 Å². The van der Waals surface area contributed by atoms with Crippen LogP contribution in [-0.4, -0.2) is 30.3 Å². The second kappa shape index (κ2) is 4.63. The van der Waals surface area contributed by atoms with Crippen LogP contribution in [0.2, 0.25) is 0 Å². The summed E-state index contributed by atoms with van der Waals surface area (Å²) < 4.78 is 35.0. The minimum Gasteiger partial charge on any atom is -0.481 e. The zero-order chi connectivity index (χ0) is 11.4. The van der Waals surface area contributed by atoms with E-state index >= 15 is 0 Å². The first-order valence-corrected chi connectivity index (χ1v) is 4.16. The van der Waals surface area contributed by atoms with Gasteiger partial charge >= 0.3 is 12.1 Å². The number of alkyl halides is 3. The molecular weight excluding hydrogens is 199 g/mol. The fourth-order valence-corrected chi connectivity index (χ4v) is 0.707. The summed E-state index contributed by atoms with van der Waals surface area (Å²) in [6.07, 6.45) is -5.14. The summed E-state index contributed by atoms with van der Waals surface area (Å²) in [6, 6.07) is 0. The molecule has 0 unspecified atom stereocenters. The van der Waals surface area contributed by atoms with Gasteiger partial charge in [0.1, 0.15) is 0 Å². The highest BCUT2D eigenvalue weighted by molar-refractivity contribution is 5.73. The number of hydrogen-bond acceptors (Lipinski definition) is 2. The third kappa shape index (κ3) is 5.80. The van der Waals surface area contributed by atoms with Crippen molar-refractivity contribution < 1.29 is 23.1 Å². The lowest BCUT2D eigenvalue weighted by molar-refractivity contribution is -0.146. The molecule has 0 saturated heterocycles. The Hall–Kier alpha value is -0.780. The molecule has 3 nitrogen and oxygen atoms in total. The molecule has 0 heterocycles. The lowest BCUT2D eigenvalue weighted by Gasteiger charge is -2.19. The molecule has 0 fully saturated rings. The Morgan fingerprint density at radius 1 is 1.36 bits per heavy atom. The van der Waals surface area contributed by atoms with Crippen LogP contribution in [0.1, 0.15) is 20.3 Å². The highest BCUT2D eigenvalue weighted by Crippen LogP contribution is 2.19. The quantitative estimate of drug-likeness (QED) is 0.682. The zero-order valence-corrected chi connectivity index (χ0v) is 8.11. The van der Waals surface area contributed by atoms with Crippen LogP contribution in [0, 0.1) is 5.41 Å². The molecule has 0 saturated carbocycles. The molecule has 0 rings (SSSR count). The van der Waals surface area contributed by atoms with Gasteiger partial charge < -0.3 is 10.4 Å². The molecule has 0 aliphatic heterocycles. The van der Waals surface area contributed by atoms with Crippen molar-refractivity contribution in [3.63, 3.8) is 0 Å². The lowest BCUT2D eigenvalue weighted by atomic mass is 9.94. The van der Waals surface area contributed by atoms with Gasteiger partial charge in [0, 0.05) is 13.1 Å². The van der Waals surface area contributed by atoms with Crippen LogP contribution >= 0.6 is 0 Å². The Kier molecular flexibility index (Phi) is 4.38. The normalized spacial score (nSPS) is 12.9. The van der Waals surface area contributed by atoms with Crippen LogP contribution in [0.25, 0.3) is 0 Å². The van der Waals surface area contributed by atoms with Gasteiger partial charge in [0.25, 0.3) is 0 Å². The van der Waals surface area contributed by atoms with E-state index in [1.54, 1.807) is 0 Å². The van der Waals surface area contributed by atoms with Gasteiger partial charge in [-0.2, -0.15) is 13.2 Å². The Labute approximate surface area is 80.3 Å². The maximum absolute atomic E-state index is 11.7. The molecule has 14 heavy (non-hydrogen) atoms. The molecule has 84 valence electrons. The van der Waals surface area contributed by atoms with Gasteiger partial charge in [0.15, 0.2) is 0 Å². The number of carboxylic acids is 1.